The minimum absolute atomic E-state index is 0.102. The van der Waals surface area contributed by atoms with Gasteiger partial charge in [-0.25, -0.2) is 0 Å². The number of hydrogen-bond donors (Lipinski definition) is 0. The summed E-state index contributed by atoms with van der Waals surface area (Å²) in [6, 6.07) is 0. The van der Waals surface area contributed by atoms with E-state index in [1.165, 1.54) is 89.9 Å². The molecule has 382 valence electrons. The van der Waals surface area contributed by atoms with Gasteiger partial charge in [0.15, 0.2) is 6.10 Å². The van der Waals surface area contributed by atoms with Gasteiger partial charge in [0.05, 0.1) is 0 Å². The van der Waals surface area contributed by atoms with Crippen molar-refractivity contribution in [2.75, 3.05) is 13.2 Å². The Balaban J connectivity index is 4.50. The van der Waals surface area contributed by atoms with E-state index in [1.807, 2.05) is 0 Å². The van der Waals surface area contributed by atoms with Gasteiger partial charge >= 0.3 is 17.9 Å². The molecule has 0 aliphatic heterocycles. The van der Waals surface area contributed by atoms with Crippen LogP contribution in [0.1, 0.15) is 252 Å². The third-order valence-electron chi connectivity index (χ3n) is 11.5. The van der Waals surface area contributed by atoms with Gasteiger partial charge in [-0.3, -0.25) is 14.4 Å². The van der Waals surface area contributed by atoms with E-state index in [4.69, 9.17) is 14.2 Å². The fourth-order valence-corrected chi connectivity index (χ4v) is 7.31. The van der Waals surface area contributed by atoms with Crippen molar-refractivity contribution < 1.29 is 28.6 Å². The van der Waals surface area contributed by atoms with E-state index < -0.39 is 6.10 Å². The van der Waals surface area contributed by atoms with Gasteiger partial charge in [0.2, 0.25) is 0 Å². The van der Waals surface area contributed by atoms with Crippen LogP contribution in [0.15, 0.2) is 97.2 Å². The summed E-state index contributed by atoms with van der Waals surface area (Å²) in [5.41, 5.74) is 0. The van der Waals surface area contributed by atoms with Crippen LogP contribution in [0.4, 0.5) is 0 Å². The molecule has 0 N–H and O–H groups in total. The third kappa shape index (κ3) is 53.2. The molecule has 0 fully saturated rings. The summed E-state index contributed by atoms with van der Waals surface area (Å²) in [4.78, 5) is 38.1. The van der Waals surface area contributed by atoms with E-state index in [2.05, 4.69) is 118 Å². The molecular weight excluding hydrogens is 829 g/mol. The number of ether oxygens (including phenoxy) is 3. The molecule has 0 aromatic carbocycles. The molecule has 0 bridgehead atoms. The number of rotatable bonds is 49. The molecule has 6 heteroatoms. The molecule has 0 aliphatic rings. The van der Waals surface area contributed by atoms with Crippen molar-refractivity contribution in [3.63, 3.8) is 0 Å². The summed E-state index contributed by atoms with van der Waals surface area (Å²) in [5.74, 6) is -0.964. The normalized spacial score (nSPS) is 12.8. The predicted octanol–water partition coefficient (Wildman–Crippen LogP) is 18.5. The Kier molecular flexibility index (Phi) is 51.9. The first-order valence-corrected chi connectivity index (χ1v) is 27.7. The molecular formula is C61H102O6. The Bertz CT molecular complexity index is 1350. The molecule has 0 amide bonds. The van der Waals surface area contributed by atoms with Crippen molar-refractivity contribution in [2.24, 2.45) is 0 Å². The Hall–Kier alpha value is -3.67. The van der Waals surface area contributed by atoms with Gasteiger partial charge in [-0.05, 0) is 128 Å². The lowest BCUT2D eigenvalue weighted by molar-refractivity contribution is -0.167. The molecule has 1 atom stereocenters. The van der Waals surface area contributed by atoms with Crippen LogP contribution in [0.25, 0.3) is 0 Å². The maximum Gasteiger partial charge on any atom is 0.306 e. The molecule has 67 heavy (non-hydrogen) atoms. The summed E-state index contributed by atoms with van der Waals surface area (Å²) in [6.45, 7) is 6.51. The highest BCUT2D eigenvalue weighted by molar-refractivity contribution is 5.71. The van der Waals surface area contributed by atoms with E-state index >= 15 is 0 Å². The first kappa shape index (κ1) is 63.3. The monoisotopic (exact) mass is 931 g/mol. The van der Waals surface area contributed by atoms with Crippen LogP contribution >= 0.6 is 0 Å². The number of allylic oxidation sites excluding steroid dienone is 16. The van der Waals surface area contributed by atoms with Crippen LogP contribution in [0.5, 0.6) is 0 Å². The van der Waals surface area contributed by atoms with Crippen LogP contribution in [0, 0.1) is 0 Å². The molecule has 0 saturated carbocycles. The smallest absolute Gasteiger partial charge is 0.306 e. The Labute approximate surface area is 413 Å². The number of unbranched alkanes of at least 4 members (excludes halogenated alkanes) is 22. The first-order chi connectivity index (χ1) is 33.0. The van der Waals surface area contributed by atoms with Gasteiger partial charge < -0.3 is 14.2 Å². The molecule has 0 aromatic heterocycles. The average Bonchev–Trinajstić information content (AvgIpc) is 3.33. The minimum atomic E-state index is -0.807. The zero-order valence-electron chi connectivity index (χ0n) is 43.6. The van der Waals surface area contributed by atoms with Crippen molar-refractivity contribution in [3.8, 4) is 0 Å². The highest BCUT2D eigenvalue weighted by Crippen LogP contribution is 2.13. The van der Waals surface area contributed by atoms with E-state index in [0.29, 0.717) is 19.3 Å². The van der Waals surface area contributed by atoms with Gasteiger partial charge in [0.25, 0.3) is 0 Å². The van der Waals surface area contributed by atoms with Crippen molar-refractivity contribution in [1.29, 1.82) is 0 Å². The molecule has 0 rings (SSSR count). The molecule has 6 nitrogen and oxygen atoms in total. The molecule has 0 unspecified atom stereocenters. The lowest BCUT2D eigenvalue weighted by Gasteiger charge is -2.18. The van der Waals surface area contributed by atoms with Gasteiger partial charge in [0.1, 0.15) is 13.2 Å². The van der Waals surface area contributed by atoms with Gasteiger partial charge in [-0.2, -0.15) is 0 Å². The number of carbonyl (C=O) groups excluding carboxylic acids is 3. The molecule has 0 aliphatic carbocycles. The topological polar surface area (TPSA) is 78.9 Å². The molecule has 0 spiro atoms. The lowest BCUT2D eigenvalue weighted by Crippen LogP contribution is -2.30. The second-order valence-electron chi connectivity index (χ2n) is 18.1. The van der Waals surface area contributed by atoms with E-state index in [1.54, 1.807) is 0 Å². The van der Waals surface area contributed by atoms with Gasteiger partial charge in [-0.1, -0.05) is 201 Å². The number of esters is 3. The molecule has 0 saturated heterocycles. The zero-order valence-corrected chi connectivity index (χ0v) is 43.6. The summed E-state index contributed by atoms with van der Waals surface area (Å²) in [7, 11) is 0. The van der Waals surface area contributed by atoms with E-state index in [-0.39, 0.29) is 31.1 Å². The third-order valence-corrected chi connectivity index (χ3v) is 11.5. The molecule has 0 radical (unpaired) electrons. The predicted molar refractivity (Wildman–Crippen MR) is 288 cm³/mol. The fraction of sp³-hybridized carbons (Fsp3) is 0.689. The van der Waals surface area contributed by atoms with Crippen LogP contribution in [0.2, 0.25) is 0 Å². The summed E-state index contributed by atoms with van der Waals surface area (Å²) in [5, 5.41) is 0. The Morgan fingerprint density at radius 1 is 0.299 bits per heavy atom. The Morgan fingerprint density at radius 3 is 0.896 bits per heavy atom. The summed E-state index contributed by atoms with van der Waals surface area (Å²) >= 11 is 0. The summed E-state index contributed by atoms with van der Waals surface area (Å²) < 4.78 is 16.8. The van der Waals surface area contributed by atoms with Crippen molar-refractivity contribution in [3.05, 3.63) is 97.2 Å². The largest absolute Gasteiger partial charge is 0.462 e. The Morgan fingerprint density at radius 2 is 0.537 bits per heavy atom. The SMILES string of the molecule is CCCCC/C=C/C/C=C/C/C=C/C/C=C/CCCCCC(=O)OC[C@@H](COC(=O)CCCCCCC/C=C/CCCCCC)OC(=O)CCCCCC/C=C/C/C=C/C/C=C/CCCCC. The zero-order chi connectivity index (χ0) is 48.6. The highest BCUT2D eigenvalue weighted by atomic mass is 16.6. The van der Waals surface area contributed by atoms with E-state index in [0.717, 1.165) is 122 Å². The van der Waals surface area contributed by atoms with Crippen LogP contribution in [0.3, 0.4) is 0 Å². The van der Waals surface area contributed by atoms with E-state index in [9.17, 15) is 14.4 Å². The second-order valence-corrected chi connectivity index (χ2v) is 18.1. The average molecular weight is 931 g/mol. The number of carbonyl (C=O) groups is 3. The van der Waals surface area contributed by atoms with Crippen LogP contribution in [-0.4, -0.2) is 37.2 Å². The summed E-state index contributed by atoms with van der Waals surface area (Å²) in [6.07, 6.45) is 72.4. The second kappa shape index (κ2) is 54.9. The minimum Gasteiger partial charge on any atom is -0.462 e. The number of hydrogen-bond acceptors (Lipinski definition) is 6. The van der Waals surface area contributed by atoms with Crippen molar-refractivity contribution in [2.45, 2.75) is 258 Å². The fourth-order valence-electron chi connectivity index (χ4n) is 7.31. The maximum absolute atomic E-state index is 12.8. The maximum atomic E-state index is 12.8. The molecule has 0 heterocycles. The molecule has 0 aromatic rings. The quantitative estimate of drug-likeness (QED) is 0.0262. The van der Waals surface area contributed by atoms with Crippen LogP contribution < -0.4 is 0 Å². The highest BCUT2D eigenvalue weighted by Gasteiger charge is 2.19. The lowest BCUT2D eigenvalue weighted by atomic mass is 10.1. The van der Waals surface area contributed by atoms with Gasteiger partial charge in [0, 0.05) is 19.3 Å². The van der Waals surface area contributed by atoms with Crippen molar-refractivity contribution in [1.82, 2.24) is 0 Å². The van der Waals surface area contributed by atoms with Crippen LogP contribution in [-0.2, 0) is 28.6 Å². The first-order valence-electron chi connectivity index (χ1n) is 27.7. The van der Waals surface area contributed by atoms with Crippen molar-refractivity contribution >= 4 is 17.9 Å². The van der Waals surface area contributed by atoms with Gasteiger partial charge in [-0.15, -0.1) is 0 Å². The standard InChI is InChI=1S/C61H102O6/c1-4-7-10-13-16-19-22-25-27-29-30-32-33-36-39-42-45-48-51-54-60(63)66-57-58(56-65-59(62)53-50-47-44-41-38-35-24-21-18-15-12-9-6-3)67-61(64)55-52-49-46-43-40-37-34-31-28-26-23-20-17-14-11-8-5-2/h16-17,19-21,24-28,30,32,34,36-37,39,58H,4-15,18,22-23,29,31,33,35,38,40-57H2,1-3H3/b19-16+,20-17+,24-21+,27-25+,28-26+,32-30+,37-34+,39-36+/t58-/m1/s1.